The average Bonchev–Trinajstić information content (AvgIpc) is 2.47. The fourth-order valence-corrected chi connectivity index (χ4v) is 2.10. The van der Waals surface area contributed by atoms with Gasteiger partial charge in [0, 0.05) is 24.7 Å². The molecular weight excluding hydrogens is 286 g/mol. The molecule has 0 unspecified atom stereocenters. The summed E-state index contributed by atoms with van der Waals surface area (Å²) in [6, 6.07) is 15.6. The molecule has 2 aromatic rings. The molecule has 0 amide bonds. The second kappa shape index (κ2) is 7.31. The van der Waals surface area contributed by atoms with E-state index in [1.54, 1.807) is 55.6 Å². The standard InChI is InChI=1S/C8H11NO2S.C7H6N2/c1-9-7-3-5-8(6-4-7)12(2,10)11;8-5-6-3-1-2-4-7(6)9/h3-6,9H,1-2H3;1-4H,9H2. The lowest BCUT2D eigenvalue weighted by Crippen LogP contribution is -1.96. The van der Waals surface area contributed by atoms with E-state index < -0.39 is 9.84 Å². The third-order valence-electron chi connectivity index (χ3n) is 2.65. The molecule has 0 saturated carbocycles. The lowest BCUT2D eigenvalue weighted by Gasteiger charge is -2.00. The van der Waals surface area contributed by atoms with Crippen LogP contribution in [0.25, 0.3) is 0 Å². The van der Waals surface area contributed by atoms with Gasteiger partial charge in [0.1, 0.15) is 6.07 Å². The maximum absolute atomic E-state index is 11.0. The largest absolute Gasteiger partial charge is 0.398 e. The number of nitrogens with one attached hydrogen (secondary N) is 1. The number of sulfone groups is 1. The highest BCUT2D eigenvalue weighted by molar-refractivity contribution is 7.90. The van der Waals surface area contributed by atoms with Crippen molar-refractivity contribution in [2.75, 3.05) is 24.4 Å². The first-order valence-corrected chi connectivity index (χ1v) is 8.00. The lowest BCUT2D eigenvalue weighted by atomic mass is 10.2. The summed E-state index contributed by atoms with van der Waals surface area (Å²) in [6.45, 7) is 0. The average molecular weight is 303 g/mol. The molecule has 3 N–H and O–H groups in total. The van der Waals surface area contributed by atoms with E-state index in [-0.39, 0.29) is 0 Å². The zero-order chi connectivity index (χ0) is 15.9. The summed E-state index contributed by atoms with van der Waals surface area (Å²) in [6.07, 6.45) is 1.20. The second-order valence-corrected chi connectivity index (χ2v) is 6.26. The maximum atomic E-state index is 11.0. The van der Waals surface area contributed by atoms with Crippen LogP contribution in [0.15, 0.2) is 53.4 Å². The van der Waals surface area contributed by atoms with Crippen molar-refractivity contribution in [3.63, 3.8) is 0 Å². The Labute approximate surface area is 124 Å². The first-order chi connectivity index (χ1) is 9.88. The molecule has 0 bridgehead atoms. The number of anilines is 2. The Balaban J connectivity index is 0.000000219. The Morgan fingerprint density at radius 2 is 1.67 bits per heavy atom. The lowest BCUT2D eigenvalue weighted by molar-refractivity contribution is 0.602. The van der Waals surface area contributed by atoms with E-state index in [1.165, 1.54) is 6.26 Å². The van der Waals surface area contributed by atoms with Crippen molar-refractivity contribution >= 4 is 21.2 Å². The number of nitrogens with zero attached hydrogens (tertiary/aromatic N) is 1. The molecule has 0 aliphatic heterocycles. The molecule has 0 saturated heterocycles. The topological polar surface area (TPSA) is 96.0 Å². The minimum atomic E-state index is -3.06. The van der Waals surface area contributed by atoms with Gasteiger partial charge < -0.3 is 11.1 Å². The molecule has 2 aromatic carbocycles. The Hall–Kier alpha value is -2.52. The number of para-hydroxylation sites is 1. The van der Waals surface area contributed by atoms with Gasteiger partial charge in [-0.2, -0.15) is 5.26 Å². The quantitative estimate of drug-likeness (QED) is 0.830. The number of hydrogen-bond acceptors (Lipinski definition) is 5. The summed E-state index contributed by atoms with van der Waals surface area (Å²) < 4.78 is 22.0. The van der Waals surface area contributed by atoms with E-state index in [2.05, 4.69) is 5.32 Å². The van der Waals surface area contributed by atoms with Crippen LogP contribution in [-0.4, -0.2) is 21.7 Å². The predicted octanol–water partition coefficient (Wildman–Crippen LogP) is 2.27. The Morgan fingerprint density at radius 1 is 1.10 bits per heavy atom. The monoisotopic (exact) mass is 303 g/mol. The van der Waals surface area contributed by atoms with Gasteiger partial charge >= 0.3 is 0 Å². The van der Waals surface area contributed by atoms with Crippen molar-refractivity contribution in [3.8, 4) is 6.07 Å². The van der Waals surface area contributed by atoms with Crippen molar-refractivity contribution < 1.29 is 8.42 Å². The van der Waals surface area contributed by atoms with Crippen molar-refractivity contribution in [3.05, 3.63) is 54.1 Å². The molecule has 0 aliphatic carbocycles. The molecule has 6 heteroatoms. The Morgan fingerprint density at radius 3 is 2.05 bits per heavy atom. The van der Waals surface area contributed by atoms with Crippen LogP contribution in [0.5, 0.6) is 0 Å². The highest BCUT2D eigenvalue weighted by Crippen LogP contribution is 2.12. The van der Waals surface area contributed by atoms with Crippen LogP contribution < -0.4 is 11.1 Å². The van der Waals surface area contributed by atoms with Gasteiger partial charge in [-0.15, -0.1) is 0 Å². The van der Waals surface area contributed by atoms with E-state index in [9.17, 15) is 8.42 Å². The normalized spacial score (nSPS) is 9.95. The Kier molecular flexibility index (Phi) is 5.76. The molecule has 21 heavy (non-hydrogen) atoms. The van der Waals surface area contributed by atoms with E-state index in [0.29, 0.717) is 16.1 Å². The number of nitrogen functional groups attached to an aromatic ring is 1. The van der Waals surface area contributed by atoms with Gasteiger partial charge in [-0.1, -0.05) is 12.1 Å². The minimum absolute atomic E-state index is 0.349. The van der Waals surface area contributed by atoms with Crippen molar-refractivity contribution in [1.29, 1.82) is 5.26 Å². The number of nitriles is 1. The van der Waals surface area contributed by atoms with Gasteiger partial charge in [0.2, 0.25) is 0 Å². The van der Waals surface area contributed by atoms with Crippen LogP contribution in [0.3, 0.4) is 0 Å². The fourth-order valence-electron chi connectivity index (χ4n) is 1.47. The fraction of sp³-hybridized carbons (Fsp3) is 0.133. The third kappa shape index (κ3) is 5.16. The molecule has 0 heterocycles. The van der Waals surface area contributed by atoms with Gasteiger partial charge in [-0.3, -0.25) is 0 Å². The van der Waals surface area contributed by atoms with Crippen LogP contribution in [-0.2, 0) is 9.84 Å². The van der Waals surface area contributed by atoms with E-state index in [1.807, 2.05) is 6.07 Å². The third-order valence-corrected chi connectivity index (χ3v) is 3.78. The SMILES string of the molecule is CNc1ccc(S(C)(=O)=O)cc1.N#Cc1ccccc1N. The van der Waals surface area contributed by atoms with Crippen LogP contribution in [0.2, 0.25) is 0 Å². The molecule has 110 valence electrons. The zero-order valence-corrected chi connectivity index (χ0v) is 12.7. The molecule has 0 fully saturated rings. The summed E-state index contributed by atoms with van der Waals surface area (Å²) >= 11 is 0. The first kappa shape index (κ1) is 16.5. The van der Waals surface area contributed by atoms with Crippen LogP contribution in [0.4, 0.5) is 11.4 Å². The second-order valence-electron chi connectivity index (χ2n) is 4.25. The van der Waals surface area contributed by atoms with Crippen LogP contribution in [0, 0.1) is 11.3 Å². The number of benzene rings is 2. The molecule has 0 radical (unpaired) electrons. The number of rotatable bonds is 2. The van der Waals surface area contributed by atoms with Crippen molar-refractivity contribution in [2.45, 2.75) is 4.90 Å². The number of nitrogens with two attached hydrogens (primary N) is 1. The van der Waals surface area contributed by atoms with E-state index in [0.717, 1.165) is 5.69 Å². The molecule has 5 nitrogen and oxygen atoms in total. The van der Waals surface area contributed by atoms with Gasteiger partial charge in [-0.05, 0) is 36.4 Å². The molecular formula is C15H17N3O2S. The van der Waals surface area contributed by atoms with E-state index in [4.69, 9.17) is 11.0 Å². The van der Waals surface area contributed by atoms with Crippen molar-refractivity contribution in [1.82, 2.24) is 0 Å². The molecule has 0 aliphatic rings. The smallest absolute Gasteiger partial charge is 0.175 e. The summed E-state index contributed by atoms with van der Waals surface area (Å²) in [5.41, 5.74) is 7.39. The Bertz CT molecular complexity index is 732. The van der Waals surface area contributed by atoms with Crippen molar-refractivity contribution in [2.24, 2.45) is 0 Å². The summed E-state index contributed by atoms with van der Waals surface area (Å²) in [4.78, 5) is 0.349. The molecule has 2 rings (SSSR count). The van der Waals surface area contributed by atoms with Gasteiger partial charge in [0.05, 0.1) is 10.5 Å². The highest BCUT2D eigenvalue weighted by Gasteiger charge is 2.04. The van der Waals surface area contributed by atoms with Crippen LogP contribution in [0.1, 0.15) is 5.56 Å². The molecule has 0 atom stereocenters. The van der Waals surface area contributed by atoms with Gasteiger partial charge in [0.15, 0.2) is 9.84 Å². The molecule has 0 spiro atoms. The van der Waals surface area contributed by atoms with E-state index >= 15 is 0 Å². The van der Waals surface area contributed by atoms with Gasteiger partial charge in [-0.25, -0.2) is 8.42 Å². The van der Waals surface area contributed by atoms with Gasteiger partial charge in [0.25, 0.3) is 0 Å². The predicted molar refractivity (Wildman–Crippen MR) is 84.7 cm³/mol. The van der Waals surface area contributed by atoms with Crippen LogP contribution >= 0.6 is 0 Å². The number of hydrogen-bond donors (Lipinski definition) is 2. The summed E-state index contributed by atoms with van der Waals surface area (Å²) in [7, 11) is -1.27. The summed E-state index contributed by atoms with van der Waals surface area (Å²) in [5.74, 6) is 0. The molecule has 0 aromatic heterocycles. The minimum Gasteiger partial charge on any atom is -0.398 e. The maximum Gasteiger partial charge on any atom is 0.175 e. The first-order valence-electron chi connectivity index (χ1n) is 6.11. The zero-order valence-electron chi connectivity index (χ0n) is 11.9. The summed E-state index contributed by atoms with van der Waals surface area (Å²) in [5, 5.41) is 11.3. The highest BCUT2D eigenvalue weighted by atomic mass is 32.2.